The van der Waals surface area contributed by atoms with Crippen LogP contribution in [0.5, 0.6) is 0 Å². The number of hydrogen-bond donors (Lipinski definition) is 1. The van der Waals surface area contributed by atoms with Crippen molar-refractivity contribution >= 4 is 5.97 Å². The molecule has 0 aliphatic rings. The average Bonchev–Trinajstić information content (AvgIpc) is 2.81. The molecule has 0 amide bonds. The van der Waals surface area contributed by atoms with Gasteiger partial charge in [0.15, 0.2) is 0 Å². The smallest absolute Gasteiger partial charge is 0.305 e. The monoisotopic (exact) mass is 469 g/mol. The third-order valence-electron chi connectivity index (χ3n) is 6.64. The molecule has 0 saturated carbocycles. The maximum atomic E-state index is 12.0. The standard InChI is InChI=1S/C29H59NO3/c1-4-6-8-10-13-17-23-30(25-19-20-26-31)24-18-14-11-12-16-22-29(32)33-27-28(3)21-15-9-7-5-2/h28,31H,4-27H2,1-3H3. The van der Waals surface area contributed by atoms with Crippen LogP contribution in [0.4, 0.5) is 0 Å². The second kappa shape index (κ2) is 26.0. The van der Waals surface area contributed by atoms with E-state index in [0.717, 1.165) is 32.2 Å². The number of rotatable bonds is 26. The Balaban J connectivity index is 3.72. The van der Waals surface area contributed by atoms with Crippen molar-refractivity contribution < 1.29 is 14.6 Å². The van der Waals surface area contributed by atoms with Crippen LogP contribution < -0.4 is 0 Å². The molecule has 0 bridgehead atoms. The number of hydrogen-bond acceptors (Lipinski definition) is 4. The molecule has 0 aromatic carbocycles. The van der Waals surface area contributed by atoms with Gasteiger partial charge in [0.25, 0.3) is 0 Å². The Morgan fingerprint density at radius 3 is 1.76 bits per heavy atom. The van der Waals surface area contributed by atoms with Gasteiger partial charge in [-0.15, -0.1) is 0 Å². The van der Waals surface area contributed by atoms with Crippen LogP contribution in [0.25, 0.3) is 0 Å². The van der Waals surface area contributed by atoms with Crippen LogP contribution in [0.3, 0.4) is 0 Å². The highest BCUT2D eigenvalue weighted by Crippen LogP contribution is 2.13. The highest BCUT2D eigenvalue weighted by Gasteiger charge is 2.08. The lowest BCUT2D eigenvalue weighted by Crippen LogP contribution is -2.27. The lowest BCUT2D eigenvalue weighted by Gasteiger charge is -2.22. The van der Waals surface area contributed by atoms with E-state index in [9.17, 15) is 4.79 Å². The van der Waals surface area contributed by atoms with Gasteiger partial charge in [0.1, 0.15) is 0 Å². The molecule has 4 nitrogen and oxygen atoms in total. The zero-order chi connectivity index (χ0) is 24.4. The molecule has 0 aliphatic heterocycles. The molecular weight excluding hydrogens is 410 g/mol. The molecule has 0 heterocycles. The Labute approximate surface area is 207 Å². The zero-order valence-corrected chi connectivity index (χ0v) is 22.8. The summed E-state index contributed by atoms with van der Waals surface area (Å²) in [5, 5.41) is 9.07. The van der Waals surface area contributed by atoms with E-state index in [0.29, 0.717) is 25.6 Å². The fourth-order valence-electron chi connectivity index (χ4n) is 4.34. The zero-order valence-electron chi connectivity index (χ0n) is 22.8. The van der Waals surface area contributed by atoms with Crippen LogP contribution >= 0.6 is 0 Å². The minimum absolute atomic E-state index is 0.00981. The number of aliphatic hydroxyl groups is 1. The minimum Gasteiger partial charge on any atom is -0.465 e. The van der Waals surface area contributed by atoms with Gasteiger partial charge in [-0.05, 0) is 64.1 Å². The summed E-state index contributed by atoms with van der Waals surface area (Å²) in [6, 6.07) is 0. The van der Waals surface area contributed by atoms with E-state index < -0.39 is 0 Å². The molecule has 0 aromatic heterocycles. The van der Waals surface area contributed by atoms with E-state index in [1.165, 1.54) is 103 Å². The highest BCUT2D eigenvalue weighted by molar-refractivity contribution is 5.69. The lowest BCUT2D eigenvalue weighted by atomic mass is 10.0. The normalized spacial score (nSPS) is 12.4. The second-order valence-corrected chi connectivity index (χ2v) is 10.2. The van der Waals surface area contributed by atoms with Gasteiger partial charge in [0.2, 0.25) is 0 Å². The van der Waals surface area contributed by atoms with Gasteiger partial charge in [-0.1, -0.05) is 97.8 Å². The van der Waals surface area contributed by atoms with Gasteiger partial charge in [-0.3, -0.25) is 4.79 Å². The van der Waals surface area contributed by atoms with Gasteiger partial charge in [-0.2, -0.15) is 0 Å². The topological polar surface area (TPSA) is 49.8 Å². The third-order valence-corrected chi connectivity index (χ3v) is 6.64. The van der Waals surface area contributed by atoms with Crippen molar-refractivity contribution in [2.24, 2.45) is 5.92 Å². The Hall–Kier alpha value is -0.610. The summed E-state index contributed by atoms with van der Waals surface area (Å²) in [7, 11) is 0. The van der Waals surface area contributed by atoms with Crippen molar-refractivity contribution in [3.8, 4) is 0 Å². The molecule has 4 heteroatoms. The third kappa shape index (κ3) is 24.3. The molecule has 0 fully saturated rings. The summed E-state index contributed by atoms with van der Waals surface area (Å²) < 4.78 is 5.47. The minimum atomic E-state index is -0.00981. The Morgan fingerprint density at radius 1 is 0.697 bits per heavy atom. The molecule has 0 rings (SSSR count). The number of esters is 1. The second-order valence-electron chi connectivity index (χ2n) is 10.2. The van der Waals surface area contributed by atoms with Crippen LogP contribution in [0, 0.1) is 5.92 Å². The fourth-order valence-corrected chi connectivity index (χ4v) is 4.34. The van der Waals surface area contributed by atoms with Crippen LogP contribution in [-0.4, -0.2) is 48.8 Å². The lowest BCUT2D eigenvalue weighted by molar-refractivity contribution is -0.145. The first-order valence-electron chi connectivity index (χ1n) is 14.6. The molecule has 0 spiro atoms. The summed E-state index contributed by atoms with van der Waals surface area (Å²) in [6.45, 7) is 11.1. The number of unbranched alkanes of at least 4 members (excludes halogenated alkanes) is 13. The Bertz CT molecular complexity index is 402. The quantitative estimate of drug-likeness (QED) is 0.103. The molecule has 0 aromatic rings. The first kappa shape index (κ1) is 32.4. The molecule has 0 aliphatic carbocycles. The first-order chi connectivity index (χ1) is 16.1. The van der Waals surface area contributed by atoms with Crippen molar-refractivity contribution in [2.75, 3.05) is 32.8 Å². The molecule has 33 heavy (non-hydrogen) atoms. The molecule has 0 saturated heterocycles. The molecule has 198 valence electrons. The van der Waals surface area contributed by atoms with E-state index in [2.05, 4.69) is 25.7 Å². The predicted molar refractivity (Wildman–Crippen MR) is 143 cm³/mol. The van der Waals surface area contributed by atoms with Crippen molar-refractivity contribution in [2.45, 2.75) is 143 Å². The van der Waals surface area contributed by atoms with Crippen LogP contribution in [0.2, 0.25) is 0 Å². The van der Waals surface area contributed by atoms with Crippen LogP contribution in [-0.2, 0) is 9.53 Å². The SMILES string of the molecule is CCCCCCCCN(CCCCO)CCCCCCCC(=O)OCC(C)CCCCCC. The molecule has 1 N–H and O–H groups in total. The number of aliphatic hydroxyl groups excluding tert-OH is 1. The number of nitrogens with zero attached hydrogens (tertiary/aromatic N) is 1. The molecular formula is C29H59NO3. The van der Waals surface area contributed by atoms with Gasteiger partial charge in [0, 0.05) is 13.0 Å². The summed E-state index contributed by atoms with van der Waals surface area (Å²) in [6.07, 6.45) is 22.8. The average molecular weight is 470 g/mol. The summed E-state index contributed by atoms with van der Waals surface area (Å²) >= 11 is 0. The number of ether oxygens (including phenoxy) is 1. The largest absolute Gasteiger partial charge is 0.465 e. The predicted octanol–water partition coefficient (Wildman–Crippen LogP) is 7.91. The van der Waals surface area contributed by atoms with Crippen LogP contribution in [0.1, 0.15) is 143 Å². The van der Waals surface area contributed by atoms with Gasteiger partial charge < -0.3 is 14.7 Å². The van der Waals surface area contributed by atoms with E-state index >= 15 is 0 Å². The van der Waals surface area contributed by atoms with E-state index in [4.69, 9.17) is 9.84 Å². The van der Waals surface area contributed by atoms with Crippen molar-refractivity contribution in [1.82, 2.24) is 4.90 Å². The molecule has 1 unspecified atom stereocenters. The van der Waals surface area contributed by atoms with E-state index in [-0.39, 0.29) is 5.97 Å². The first-order valence-corrected chi connectivity index (χ1v) is 14.6. The summed E-state index contributed by atoms with van der Waals surface area (Å²) in [4.78, 5) is 14.6. The maximum absolute atomic E-state index is 12.0. The number of carbonyl (C=O) groups is 1. The van der Waals surface area contributed by atoms with Crippen LogP contribution in [0.15, 0.2) is 0 Å². The maximum Gasteiger partial charge on any atom is 0.305 e. The van der Waals surface area contributed by atoms with Gasteiger partial charge in [0.05, 0.1) is 6.61 Å². The Kier molecular flexibility index (Phi) is 25.5. The molecule has 0 radical (unpaired) electrons. The van der Waals surface area contributed by atoms with Crippen molar-refractivity contribution in [3.63, 3.8) is 0 Å². The Morgan fingerprint density at radius 2 is 1.18 bits per heavy atom. The van der Waals surface area contributed by atoms with Crippen molar-refractivity contribution in [3.05, 3.63) is 0 Å². The van der Waals surface area contributed by atoms with Gasteiger partial charge in [-0.25, -0.2) is 0 Å². The fraction of sp³-hybridized carbons (Fsp3) is 0.966. The van der Waals surface area contributed by atoms with E-state index in [1.54, 1.807) is 0 Å². The van der Waals surface area contributed by atoms with Gasteiger partial charge >= 0.3 is 5.97 Å². The van der Waals surface area contributed by atoms with Crippen molar-refractivity contribution in [1.29, 1.82) is 0 Å². The highest BCUT2D eigenvalue weighted by atomic mass is 16.5. The number of carbonyl (C=O) groups excluding carboxylic acids is 1. The molecule has 1 atom stereocenters. The summed E-state index contributed by atoms with van der Waals surface area (Å²) in [5.74, 6) is 0.479. The summed E-state index contributed by atoms with van der Waals surface area (Å²) in [5.41, 5.74) is 0. The van der Waals surface area contributed by atoms with E-state index in [1.807, 2.05) is 0 Å².